The third-order valence-corrected chi connectivity index (χ3v) is 9.17. The average Bonchev–Trinajstić information content (AvgIpc) is 3.24. The van der Waals surface area contributed by atoms with E-state index in [1.165, 1.54) is 0 Å². The zero-order valence-corrected chi connectivity index (χ0v) is 24.6. The first-order valence-electron chi connectivity index (χ1n) is 14.3. The van der Waals surface area contributed by atoms with Crippen LogP contribution in [0.4, 0.5) is 10.5 Å². The zero-order valence-electron chi connectivity index (χ0n) is 24.6. The van der Waals surface area contributed by atoms with Gasteiger partial charge in [0.25, 0.3) is 0 Å². The van der Waals surface area contributed by atoms with Crippen LogP contribution in [0.15, 0.2) is 18.2 Å². The van der Waals surface area contributed by atoms with Crippen LogP contribution in [-0.2, 0) is 14.0 Å². The second kappa shape index (κ2) is 9.90. The second-order valence-corrected chi connectivity index (χ2v) is 13.5. The molecule has 2 unspecified atom stereocenters. The summed E-state index contributed by atoms with van der Waals surface area (Å²) >= 11 is 0. The lowest BCUT2D eigenvalue weighted by Gasteiger charge is -2.46. The molecule has 0 aliphatic carbocycles. The Morgan fingerprint density at radius 2 is 1.53 bits per heavy atom. The van der Waals surface area contributed by atoms with Crippen molar-refractivity contribution in [3.05, 3.63) is 18.2 Å². The molecule has 9 heteroatoms. The molecule has 4 saturated heterocycles. The molecule has 4 fully saturated rings. The van der Waals surface area contributed by atoms with Gasteiger partial charge in [-0.15, -0.1) is 0 Å². The highest BCUT2D eigenvalue weighted by atomic mass is 16.7. The first-order chi connectivity index (χ1) is 17.8. The van der Waals surface area contributed by atoms with Crippen LogP contribution in [0.3, 0.4) is 0 Å². The van der Waals surface area contributed by atoms with Gasteiger partial charge in [-0.1, -0.05) is 6.07 Å². The Balaban J connectivity index is 1.20. The van der Waals surface area contributed by atoms with Crippen molar-refractivity contribution in [2.75, 3.05) is 38.2 Å². The largest absolute Gasteiger partial charge is 0.495 e. The molecule has 38 heavy (non-hydrogen) atoms. The van der Waals surface area contributed by atoms with E-state index in [-0.39, 0.29) is 29.4 Å². The molecule has 210 valence electrons. The predicted octanol–water partition coefficient (Wildman–Crippen LogP) is 4.05. The molecule has 0 radical (unpaired) electrons. The lowest BCUT2D eigenvalue weighted by molar-refractivity contribution is -0.0127. The van der Waals surface area contributed by atoms with E-state index >= 15 is 0 Å². The number of anilines is 1. The third kappa shape index (κ3) is 5.26. The van der Waals surface area contributed by atoms with Gasteiger partial charge in [0.2, 0.25) is 0 Å². The fourth-order valence-corrected chi connectivity index (χ4v) is 6.40. The molecule has 0 spiro atoms. The summed E-state index contributed by atoms with van der Waals surface area (Å²) in [5.41, 5.74) is 0.912. The number of fused-ring (bicyclic) bond motifs is 2. The molecule has 0 N–H and O–H groups in total. The van der Waals surface area contributed by atoms with Crippen LogP contribution in [0, 0.1) is 0 Å². The monoisotopic (exact) mass is 527 g/mol. The van der Waals surface area contributed by atoms with Crippen LogP contribution in [0.1, 0.15) is 74.1 Å². The molecular weight excluding hydrogens is 481 g/mol. The van der Waals surface area contributed by atoms with E-state index < -0.39 is 12.7 Å². The van der Waals surface area contributed by atoms with Gasteiger partial charge in [-0.05, 0) is 91.7 Å². The average molecular weight is 528 g/mol. The highest BCUT2D eigenvalue weighted by Gasteiger charge is 2.52. The smallest absolute Gasteiger partial charge is 0.494 e. The van der Waals surface area contributed by atoms with Crippen LogP contribution in [-0.4, -0.2) is 91.2 Å². The lowest BCUT2D eigenvalue weighted by atomic mass is 9.79. The fraction of sp³-hybridized carbons (Fsp3) is 0.759. The second-order valence-electron chi connectivity index (χ2n) is 13.5. The Bertz CT molecular complexity index is 1000. The van der Waals surface area contributed by atoms with Crippen molar-refractivity contribution in [3.8, 4) is 5.75 Å². The highest BCUT2D eigenvalue weighted by Crippen LogP contribution is 2.38. The molecule has 1 aromatic carbocycles. The number of carbonyl (C=O) groups is 1. The summed E-state index contributed by atoms with van der Waals surface area (Å²) in [5, 5.41) is 0. The van der Waals surface area contributed by atoms with Crippen molar-refractivity contribution in [1.29, 1.82) is 0 Å². The van der Waals surface area contributed by atoms with Gasteiger partial charge in [0.05, 0.1) is 24.0 Å². The minimum absolute atomic E-state index is 0.143. The minimum atomic E-state index is -0.454. The van der Waals surface area contributed by atoms with E-state index in [2.05, 4.69) is 55.7 Å². The number of methoxy groups -OCH3 is 1. The number of benzene rings is 1. The number of carbonyl (C=O) groups excluding carboxylic acids is 1. The molecule has 4 aliphatic heterocycles. The van der Waals surface area contributed by atoms with E-state index in [1.807, 2.05) is 25.7 Å². The topological polar surface area (TPSA) is 63.7 Å². The van der Waals surface area contributed by atoms with Crippen molar-refractivity contribution in [2.45, 2.75) is 109 Å². The summed E-state index contributed by atoms with van der Waals surface area (Å²) in [7, 11) is 1.34. The molecule has 4 aliphatic rings. The number of likely N-dealkylation sites (tertiary alicyclic amines) is 1. The van der Waals surface area contributed by atoms with Gasteiger partial charge in [-0.25, -0.2) is 4.79 Å². The summed E-state index contributed by atoms with van der Waals surface area (Å²) < 4.78 is 24.1. The van der Waals surface area contributed by atoms with Crippen molar-refractivity contribution in [3.63, 3.8) is 0 Å². The molecule has 1 aromatic rings. The molecule has 0 saturated carbocycles. The molecular formula is C29H46BN3O5. The standard InChI is InChI=1S/C29H46BN3O5/c1-27(2,3)36-26(34)33-22-10-11-23(33)19-32(18-22)21-13-15-31(16-14-21)24-12-9-20(17-25(24)35-8)30-37-28(4,5)29(6,7)38-30/h9,12,17,21-23H,10-11,13-16,18-19H2,1-8H3. The number of hydrogen-bond acceptors (Lipinski definition) is 7. The van der Waals surface area contributed by atoms with E-state index in [9.17, 15) is 4.79 Å². The predicted molar refractivity (Wildman–Crippen MR) is 150 cm³/mol. The molecule has 2 bridgehead atoms. The molecule has 1 amide bonds. The van der Waals surface area contributed by atoms with Gasteiger partial charge in [0.15, 0.2) is 0 Å². The maximum atomic E-state index is 12.8. The Kier molecular flexibility index (Phi) is 7.19. The summed E-state index contributed by atoms with van der Waals surface area (Å²) in [6.07, 6.45) is 4.22. The van der Waals surface area contributed by atoms with Crippen molar-refractivity contribution < 1.29 is 23.6 Å². The summed E-state index contributed by atoms with van der Waals surface area (Å²) in [6, 6.07) is 7.41. The summed E-state index contributed by atoms with van der Waals surface area (Å²) in [6.45, 7) is 18.0. The Morgan fingerprint density at radius 1 is 0.947 bits per heavy atom. The molecule has 2 atom stereocenters. The van der Waals surface area contributed by atoms with Gasteiger partial charge >= 0.3 is 13.2 Å². The van der Waals surface area contributed by atoms with Gasteiger partial charge in [-0.2, -0.15) is 0 Å². The Hall–Kier alpha value is -1.97. The fourth-order valence-electron chi connectivity index (χ4n) is 6.40. The number of ether oxygens (including phenoxy) is 2. The zero-order chi connectivity index (χ0) is 27.5. The number of amides is 1. The van der Waals surface area contributed by atoms with E-state index in [0.29, 0.717) is 6.04 Å². The number of hydrogen-bond donors (Lipinski definition) is 0. The number of nitrogens with zero attached hydrogens (tertiary/aromatic N) is 3. The summed E-state index contributed by atoms with van der Waals surface area (Å²) in [4.78, 5) is 19.9. The Labute approximate surface area is 229 Å². The van der Waals surface area contributed by atoms with Crippen molar-refractivity contribution in [2.24, 2.45) is 0 Å². The van der Waals surface area contributed by atoms with Gasteiger partial charge in [0, 0.05) is 44.3 Å². The van der Waals surface area contributed by atoms with E-state index in [1.54, 1.807) is 7.11 Å². The summed E-state index contributed by atoms with van der Waals surface area (Å²) in [5.74, 6) is 0.861. The minimum Gasteiger partial charge on any atom is -0.495 e. The van der Waals surface area contributed by atoms with Crippen LogP contribution in [0.2, 0.25) is 0 Å². The first kappa shape index (κ1) is 27.6. The maximum Gasteiger partial charge on any atom is 0.494 e. The van der Waals surface area contributed by atoms with Crippen LogP contribution < -0.4 is 15.1 Å². The van der Waals surface area contributed by atoms with Gasteiger partial charge < -0.3 is 23.7 Å². The number of piperazine rings is 1. The number of rotatable bonds is 4. The van der Waals surface area contributed by atoms with E-state index in [0.717, 1.165) is 68.8 Å². The SMILES string of the molecule is COc1cc(B2OC(C)(C)C(C)(C)O2)ccc1N1CCC(N2CC3CCC(C2)N3C(=O)OC(C)(C)C)CC1. The lowest BCUT2D eigenvalue weighted by Crippen LogP contribution is -2.60. The normalized spacial score (nSPS) is 27.6. The van der Waals surface area contributed by atoms with Crippen molar-refractivity contribution >= 4 is 24.4 Å². The van der Waals surface area contributed by atoms with Gasteiger partial charge in [-0.3, -0.25) is 9.80 Å². The quantitative estimate of drug-likeness (QED) is 0.548. The van der Waals surface area contributed by atoms with Gasteiger partial charge in [0.1, 0.15) is 11.4 Å². The van der Waals surface area contributed by atoms with Crippen LogP contribution in [0.25, 0.3) is 0 Å². The van der Waals surface area contributed by atoms with Crippen LogP contribution >= 0.6 is 0 Å². The number of piperidine rings is 1. The van der Waals surface area contributed by atoms with Crippen LogP contribution in [0.5, 0.6) is 5.75 Å². The molecule has 0 aromatic heterocycles. The van der Waals surface area contributed by atoms with Crippen molar-refractivity contribution in [1.82, 2.24) is 9.80 Å². The van der Waals surface area contributed by atoms with E-state index in [4.69, 9.17) is 18.8 Å². The first-order valence-corrected chi connectivity index (χ1v) is 14.3. The molecule has 5 rings (SSSR count). The molecule has 8 nitrogen and oxygen atoms in total. The molecule has 4 heterocycles. The highest BCUT2D eigenvalue weighted by molar-refractivity contribution is 6.62. The maximum absolute atomic E-state index is 12.8. The Morgan fingerprint density at radius 3 is 2.05 bits per heavy atom. The third-order valence-electron chi connectivity index (χ3n) is 9.17.